The van der Waals surface area contributed by atoms with Crippen molar-refractivity contribution in [3.05, 3.63) is 115 Å². The molecular weight excluding hydrogens is 378 g/mol. The zero-order valence-electron chi connectivity index (χ0n) is 17.6. The second kappa shape index (κ2) is 8.41. The van der Waals surface area contributed by atoms with Crippen molar-refractivity contribution < 1.29 is 5.11 Å². The molecule has 0 aliphatic carbocycles. The quantitative estimate of drug-likeness (QED) is 0.409. The van der Waals surface area contributed by atoms with Gasteiger partial charge in [0.25, 0.3) is 0 Å². The van der Waals surface area contributed by atoms with E-state index >= 15 is 0 Å². The van der Waals surface area contributed by atoms with Gasteiger partial charge >= 0.3 is 0 Å². The summed E-state index contributed by atoms with van der Waals surface area (Å²) in [6.07, 6.45) is 1.98. The molecule has 4 aromatic carbocycles. The van der Waals surface area contributed by atoms with Crippen LogP contribution < -0.4 is 4.90 Å². The molecule has 0 radical (unpaired) electrons. The molecule has 1 aliphatic heterocycles. The fourth-order valence-electron chi connectivity index (χ4n) is 5.09. The van der Waals surface area contributed by atoms with Gasteiger partial charge in [-0.2, -0.15) is 0 Å². The highest BCUT2D eigenvalue weighted by molar-refractivity contribution is 5.80. The highest BCUT2D eigenvalue weighted by Gasteiger charge is 2.44. The number of aliphatic hydroxyl groups excluding tert-OH is 1. The zero-order valence-corrected chi connectivity index (χ0v) is 17.6. The van der Waals surface area contributed by atoms with Crippen molar-refractivity contribution in [2.24, 2.45) is 0 Å². The van der Waals surface area contributed by atoms with Crippen molar-refractivity contribution in [1.82, 2.24) is 0 Å². The summed E-state index contributed by atoms with van der Waals surface area (Å²) in [5.41, 5.74) is 6.73. The lowest BCUT2D eigenvalue weighted by Gasteiger charge is -2.41. The summed E-state index contributed by atoms with van der Waals surface area (Å²) in [6.45, 7) is 1.01. The van der Waals surface area contributed by atoms with Gasteiger partial charge in [-0.15, -0.1) is 0 Å². The fourth-order valence-corrected chi connectivity index (χ4v) is 5.09. The number of aliphatic hydroxyl groups is 1. The molecule has 0 amide bonds. The molecule has 1 heterocycles. The lowest BCUT2D eigenvalue weighted by Crippen LogP contribution is -2.45. The van der Waals surface area contributed by atoms with Crippen molar-refractivity contribution in [3.8, 4) is 22.3 Å². The summed E-state index contributed by atoms with van der Waals surface area (Å²) < 4.78 is 0. The van der Waals surface area contributed by atoms with Gasteiger partial charge in [0.05, 0.1) is 12.1 Å². The third-order valence-electron chi connectivity index (χ3n) is 6.54. The fraction of sp³-hybridized carbons (Fsp3) is 0.172. The van der Waals surface area contributed by atoms with Gasteiger partial charge in [0.1, 0.15) is 0 Å². The van der Waals surface area contributed by atoms with Gasteiger partial charge in [0.2, 0.25) is 0 Å². The van der Waals surface area contributed by atoms with Crippen LogP contribution in [0.25, 0.3) is 22.3 Å². The van der Waals surface area contributed by atoms with E-state index in [9.17, 15) is 5.11 Å². The number of anilines is 1. The normalized spacial score (nSPS) is 18.3. The highest BCUT2D eigenvalue weighted by Crippen LogP contribution is 2.47. The van der Waals surface area contributed by atoms with Crippen molar-refractivity contribution in [1.29, 1.82) is 0 Å². The first-order chi connectivity index (χ1) is 15.3. The molecule has 5 rings (SSSR count). The SMILES string of the molecule is OC[C@@]1(c2ccccc2-c2ccccc2)CCCN1c1ccccc1-c1ccccc1. The van der Waals surface area contributed by atoms with E-state index in [2.05, 4.69) is 108 Å². The summed E-state index contributed by atoms with van der Waals surface area (Å²) in [4.78, 5) is 2.44. The third-order valence-corrected chi connectivity index (χ3v) is 6.54. The van der Waals surface area contributed by atoms with Crippen LogP contribution in [0, 0.1) is 0 Å². The van der Waals surface area contributed by atoms with E-state index in [0.717, 1.165) is 19.4 Å². The molecule has 0 spiro atoms. The number of para-hydroxylation sites is 1. The minimum atomic E-state index is -0.447. The van der Waals surface area contributed by atoms with Gasteiger partial charge in [-0.1, -0.05) is 103 Å². The topological polar surface area (TPSA) is 23.5 Å². The van der Waals surface area contributed by atoms with Crippen LogP contribution in [0.2, 0.25) is 0 Å². The lowest BCUT2D eigenvalue weighted by molar-refractivity contribution is 0.198. The monoisotopic (exact) mass is 405 g/mol. The first kappa shape index (κ1) is 19.6. The van der Waals surface area contributed by atoms with E-state index in [1.165, 1.54) is 33.5 Å². The molecule has 1 N–H and O–H groups in total. The summed E-state index contributed by atoms with van der Waals surface area (Å²) >= 11 is 0. The first-order valence-corrected chi connectivity index (χ1v) is 11.0. The van der Waals surface area contributed by atoms with Crippen LogP contribution in [0.15, 0.2) is 109 Å². The minimum Gasteiger partial charge on any atom is -0.394 e. The van der Waals surface area contributed by atoms with Gasteiger partial charge in [-0.25, -0.2) is 0 Å². The summed E-state index contributed by atoms with van der Waals surface area (Å²) in [6, 6.07) is 38.2. The van der Waals surface area contributed by atoms with Crippen LogP contribution in [0.4, 0.5) is 5.69 Å². The van der Waals surface area contributed by atoms with E-state index in [1.807, 2.05) is 6.07 Å². The maximum absolute atomic E-state index is 10.9. The predicted molar refractivity (Wildman–Crippen MR) is 129 cm³/mol. The lowest BCUT2D eigenvalue weighted by atomic mass is 9.82. The number of rotatable bonds is 5. The molecule has 0 unspecified atom stereocenters. The van der Waals surface area contributed by atoms with Crippen LogP contribution in [-0.2, 0) is 5.54 Å². The second-order valence-corrected chi connectivity index (χ2v) is 8.24. The Bertz CT molecular complexity index is 1160. The van der Waals surface area contributed by atoms with Crippen molar-refractivity contribution >= 4 is 5.69 Å². The molecular formula is C29H27NO. The van der Waals surface area contributed by atoms with Crippen LogP contribution >= 0.6 is 0 Å². The summed E-state index contributed by atoms with van der Waals surface area (Å²) in [5.74, 6) is 0. The van der Waals surface area contributed by atoms with Crippen LogP contribution in [-0.4, -0.2) is 18.3 Å². The van der Waals surface area contributed by atoms with E-state index in [1.54, 1.807) is 0 Å². The zero-order chi connectivity index (χ0) is 21.1. The number of hydrogen-bond acceptors (Lipinski definition) is 2. The van der Waals surface area contributed by atoms with E-state index < -0.39 is 5.54 Å². The Morgan fingerprint density at radius 3 is 1.87 bits per heavy atom. The van der Waals surface area contributed by atoms with Crippen LogP contribution in [0.3, 0.4) is 0 Å². The van der Waals surface area contributed by atoms with Crippen LogP contribution in [0.1, 0.15) is 18.4 Å². The van der Waals surface area contributed by atoms with E-state index in [4.69, 9.17) is 0 Å². The molecule has 1 fully saturated rings. The van der Waals surface area contributed by atoms with E-state index in [-0.39, 0.29) is 6.61 Å². The van der Waals surface area contributed by atoms with E-state index in [0.29, 0.717) is 0 Å². The standard InChI is InChI=1S/C29H27NO/c31-22-29(27-18-9-7-16-25(27)23-12-3-1-4-13-23)20-11-21-30(29)28-19-10-8-17-26(28)24-14-5-2-6-15-24/h1-10,12-19,31H,11,20-22H2/t29-/m1/s1. The molecule has 1 saturated heterocycles. The smallest absolute Gasteiger partial charge is 0.0890 e. The second-order valence-electron chi connectivity index (χ2n) is 8.24. The largest absolute Gasteiger partial charge is 0.394 e. The molecule has 31 heavy (non-hydrogen) atoms. The molecule has 2 heteroatoms. The molecule has 1 aliphatic rings. The average molecular weight is 406 g/mol. The van der Waals surface area contributed by atoms with Gasteiger partial charge < -0.3 is 10.0 Å². The number of benzene rings is 4. The molecule has 2 nitrogen and oxygen atoms in total. The molecule has 0 bridgehead atoms. The molecule has 4 aromatic rings. The maximum Gasteiger partial charge on any atom is 0.0890 e. The third kappa shape index (κ3) is 3.43. The van der Waals surface area contributed by atoms with Gasteiger partial charge in [-0.05, 0) is 41.2 Å². The Morgan fingerprint density at radius 1 is 0.645 bits per heavy atom. The Hall–Kier alpha value is -3.36. The minimum absolute atomic E-state index is 0.0833. The average Bonchev–Trinajstić information content (AvgIpc) is 3.30. The summed E-state index contributed by atoms with van der Waals surface area (Å²) in [7, 11) is 0. The van der Waals surface area contributed by atoms with Crippen molar-refractivity contribution in [2.45, 2.75) is 18.4 Å². The summed E-state index contributed by atoms with van der Waals surface area (Å²) in [5, 5.41) is 10.9. The Balaban J connectivity index is 1.68. The Morgan fingerprint density at radius 2 is 1.19 bits per heavy atom. The molecule has 154 valence electrons. The molecule has 0 saturated carbocycles. The highest BCUT2D eigenvalue weighted by atomic mass is 16.3. The van der Waals surface area contributed by atoms with Gasteiger partial charge in [0, 0.05) is 17.8 Å². The van der Waals surface area contributed by atoms with Crippen LogP contribution in [0.5, 0.6) is 0 Å². The number of hydrogen-bond donors (Lipinski definition) is 1. The molecule has 1 atom stereocenters. The predicted octanol–water partition coefficient (Wildman–Crippen LogP) is 6.51. The molecule has 0 aromatic heterocycles. The Labute approximate surface area is 184 Å². The number of nitrogens with zero attached hydrogens (tertiary/aromatic N) is 1. The van der Waals surface area contributed by atoms with Gasteiger partial charge in [0.15, 0.2) is 0 Å². The van der Waals surface area contributed by atoms with Crippen molar-refractivity contribution in [3.63, 3.8) is 0 Å². The van der Waals surface area contributed by atoms with Gasteiger partial charge in [-0.3, -0.25) is 0 Å². The maximum atomic E-state index is 10.9. The Kier molecular flexibility index (Phi) is 5.31. The first-order valence-electron chi connectivity index (χ1n) is 11.0. The van der Waals surface area contributed by atoms with Crippen molar-refractivity contribution in [2.75, 3.05) is 18.1 Å².